The Bertz CT molecular complexity index is 849. The van der Waals surface area contributed by atoms with E-state index in [-0.39, 0.29) is 11.9 Å². The second-order valence-corrected chi connectivity index (χ2v) is 6.05. The third-order valence-corrected chi connectivity index (χ3v) is 4.57. The first-order chi connectivity index (χ1) is 11.2. The number of fused-ring (bicyclic) bond motifs is 1. The van der Waals surface area contributed by atoms with Gasteiger partial charge >= 0.3 is 0 Å². The second kappa shape index (κ2) is 5.53. The highest BCUT2D eigenvalue weighted by Gasteiger charge is 2.31. The van der Waals surface area contributed by atoms with Crippen LogP contribution in [-0.2, 0) is 7.05 Å². The van der Waals surface area contributed by atoms with Crippen LogP contribution in [0.15, 0.2) is 43.2 Å². The molecule has 23 heavy (non-hydrogen) atoms. The zero-order chi connectivity index (χ0) is 15.8. The first-order valence-corrected chi connectivity index (χ1v) is 7.94. The van der Waals surface area contributed by atoms with Crippen LogP contribution in [0, 0.1) is 0 Å². The molecule has 6 nitrogen and oxygen atoms in total. The predicted molar refractivity (Wildman–Crippen MR) is 86.0 cm³/mol. The molecule has 0 radical (unpaired) electrons. The number of carbonyl (C=O) groups is 1. The Morgan fingerprint density at radius 1 is 1.30 bits per heavy atom. The maximum absolute atomic E-state index is 13.0. The summed E-state index contributed by atoms with van der Waals surface area (Å²) >= 11 is 0. The third-order valence-electron chi connectivity index (χ3n) is 4.57. The van der Waals surface area contributed by atoms with E-state index in [1.54, 1.807) is 18.7 Å². The molecular formula is C17H19N5O. The zero-order valence-corrected chi connectivity index (χ0v) is 13.1. The van der Waals surface area contributed by atoms with Gasteiger partial charge in [0, 0.05) is 32.2 Å². The number of aromatic nitrogens is 4. The van der Waals surface area contributed by atoms with Gasteiger partial charge in [-0.3, -0.25) is 4.79 Å². The summed E-state index contributed by atoms with van der Waals surface area (Å²) in [5.74, 6) is 1.02. The monoisotopic (exact) mass is 309 g/mol. The SMILES string of the molecule is Cn1ccnc1C1CCCCN1C(=O)c1ccc2cncn2c1. The molecule has 1 unspecified atom stereocenters. The first-order valence-electron chi connectivity index (χ1n) is 7.94. The summed E-state index contributed by atoms with van der Waals surface area (Å²) in [6, 6.07) is 3.86. The van der Waals surface area contributed by atoms with Gasteiger partial charge in [0.15, 0.2) is 0 Å². The highest BCUT2D eigenvalue weighted by Crippen LogP contribution is 2.31. The quantitative estimate of drug-likeness (QED) is 0.730. The highest BCUT2D eigenvalue weighted by atomic mass is 16.2. The Morgan fingerprint density at radius 2 is 2.22 bits per heavy atom. The zero-order valence-electron chi connectivity index (χ0n) is 13.1. The van der Waals surface area contributed by atoms with Crippen LogP contribution in [-0.4, -0.2) is 36.3 Å². The average molecular weight is 309 g/mol. The highest BCUT2D eigenvalue weighted by molar-refractivity contribution is 5.94. The fourth-order valence-corrected chi connectivity index (χ4v) is 3.35. The Hall–Kier alpha value is -2.63. The minimum absolute atomic E-state index is 0.0507. The number of pyridine rings is 1. The Kier molecular flexibility index (Phi) is 3.37. The number of nitrogens with zero attached hydrogens (tertiary/aromatic N) is 5. The van der Waals surface area contributed by atoms with Crippen molar-refractivity contribution in [2.75, 3.05) is 6.54 Å². The number of aryl methyl sites for hydroxylation is 1. The van der Waals surface area contributed by atoms with E-state index in [9.17, 15) is 4.79 Å². The molecule has 0 spiro atoms. The maximum atomic E-state index is 13.0. The van der Waals surface area contributed by atoms with Gasteiger partial charge in [-0.15, -0.1) is 0 Å². The lowest BCUT2D eigenvalue weighted by Gasteiger charge is -2.35. The van der Waals surface area contributed by atoms with Crippen LogP contribution in [0.4, 0.5) is 0 Å². The van der Waals surface area contributed by atoms with Gasteiger partial charge in [-0.2, -0.15) is 0 Å². The predicted octanol–water partition coefficient (Wildman–Crippen LogP) is 2.44. The lowest BCUT2D eigenvalue weighted by molar-refractivity contribution is 0.0596. The van der Waals surface area contributed by atoms with Crippen molar-refractivity contribution in [3.63, 3.8) is 0 Å². The number of hydrogen-bond acceptors (Lipinski definition) is 3. The van der Waals surface area contributed by atoms with Crippen molar-refractivity contribution in [1.29, 1.82) is 0 Å². The van der Waals surface area contributed by atoms with Gasteiger partial charge in [0.2, 0.25) is 0 Å². The summed E-state index contributed by atoms with van der Waals surface area (Å²) in [5, 5.41) is 0. The van der Waals surface area contributed by atoms with Gasteiger partial charge in [0.1, 0.15) is 5.82 Å². The molecule has 1 amide bonds. The Labute approximate surface area is 134 Å². The molecule has 0 aromatic carbocycles. The minimum Gasteiger partial charge on any atom is -0.336 e. The van der Waals surface area contributed by atoms with Crippen molar-refractivity contribution in [2.24, 2.45) is 7.05 Å². The van der Waals surface area contributed by atoms with Crippen LogP contribution >= 0.6 is 0 Å². The summed E-state index contributed by atoms with van der Waals surface area (Å²) in [6.45, 7) is 0.776. The van der Waals surface area contributed by atoms with Crippen molar-refractivity contribution in [1.82, 2.24) is 23.8 Å². The molecule has 4 heterocycles. The van der Waals surface area contributed by atoms with Crippen molar-refractivity contribution in [2.45, 2.75) is 25.3 Å². The van der Waals surface area contributed by atoms with E-state index >= 15 is 0 Å². The topological polar surface area (TPSA) is 55.4 Å². The van der Waals surface area contributed by atoms with Crippen LogP contribution < -0.4 is 0 Å². The Morgan fingerprint density at radius 3 is 3.04 bits per heavy atom. The number of amides is 1. The van der Waals surface area contributed by atoms with E-state index in [1.165, 1.54) is 0 Å². The summed E-state index contributed by atoms with van der Waals surface area (Å²) in [6.07, 6.45) is 12.2. The fourth-order valence-electron chi connectivity index (χ4n) is 3.35. The molecule has 1 saturated heterocycles. The number of rotatable bonds is 2. The van der Waals surface area contributed by atoms with Gasteiger partial charge in [0.05, 0.1) is 29.6 Å². The molecule has 4 rings (SSSR count). The van der Waals surface area contributed by atoms with Gasteiger partial charge < -0.3 is 13.9 Å². The summed E-state index contributed by atoms with van der Waals surface area (Å²) in [4.78, 5) is 23.6. The molecule has 3 aromatic rings. The molecule has 0 saturated carbocycles. The number of imidazole rings is 2. The molecule has 0 aliphatic carbocycles. The van der Waals surface area contributed by atoms with Crippen LogP contribution in [0.1, 0.15) is 41.5 Å². The summed E-state index contributed by atoms with van der Waals surface area (Å²) in [5.41, 5.74) is 1.68. The molecule has 1 atom stereocenters. The lowest BCUT2D eigenvalue weighted by Crippen LogP contribution is -2.39. The standard InChI is InChI=1S/C17H19N5O/c1-20-9-7-19-16(20)15-4-2-3-8-22(15)17(23)13-5-6-14-10-18-12-21(14)11-13/h5-7,9-12,15H,2-4,8H2,1H3. The molecule has 1 aliphatic heterocycles. The Balaban J connectivity index is 1.68. The van der Waals surface area contributed by atoms with E-state index in [4.69, 9.17) is 0 Å². The van der Waals surface area contributed by atoms with Crippen LogP contribution in [0.5, 0.6) is 0 Å². The van der Waals surface area contributed by atoms with E-state index in [0.717, 1.165) is 37.1 Å². The molecule has 3 aromatic heterocycles. The first kappa shape index (κ1) is 14.0. The van der Waals surface area contributed by atoms with Crippen molar-refractivity contribution >= 4 is 11.4 Å². The summed E-state index contributed by atoms with van der Waals surface area (Å²) in [7, 11) is 1.98. The minimum atomic E-state index is 0.0507. The van der Waals surface area contributed by atoms with Crippen molar-refractivity contribution in [3.05, 3.63) is 54.6 Å². The van der Waals surface area contributed by atoms with E-state index < -0.39 is 0 Å². The molecular weight excluding hydrogens is 290 g/mol. The number of likely N-dealkylation sites (tertiary alicyclic amines) is 1. The maximum Gasteiger partial charge on any atom is 0.255 e. The van der Waals surface area contributed by atoms with E-state index in [1.807, 2.05) is 45.4 Å². The van der Waals surface area contributed by atoms with Gasteiger partial charge in [-0.1, -0.05) is 0 Å². The molecule has 1 fully saturated rings. The number of hydrogen-bond donors (Lipinski definition) is 0. The fraction of sp³-hybridized carbons (Fsp3) is 0.353. The average Bonchev–Trinajstić information content (AvgIpc) is 3.22. The number of carbonyl (C=O) groups excluding carboxylic acids is 1. The lowest BCUT2D eigenvalue weighted by atomic mass is 10.00. The van der Waals surface area contributed by atoms with Crippen molar-refractivity contribution in [3.8, 4) is 0 Å². The van der Waals surface area contributed by atoms with Gasteiger partial charge in [-0.25, -0.2) is 9.97 Å². The molecule has 1 aliphatic rings. The van der Waals surface area contributed by atoms with Crippen LogP contribution in [0.3, 0.4) is 0 Å². The van der Waals surface area contributed by atoms with Gasteiger partial charge in [0.25, 0.3) is 5.91 Å². The van der Waals surface area contributed by atoms with E-state index in [2.05, 4.69) is 9.97 Å². The molecule has 6 heteroatoms. The second-order valence-electron chi connectivity index (χ2n) is 6.05. The molecule has 0 N–H and O–H groups in total. The van der Waals surface area contributed by atoms with Gasteiger partial charge in [-0.05, 0) is 31.4 Å². The third kappa shape index (κ3) is 2.40. The van der Waals surface area contributed by atoms with Crippen LogP contribution in [0.25, 0.3) is 5.52 Å². The molecule has 0 bridgehead atoms. The summed E-state index contributed by atoms with van der Waals surface area (Å²) < 4.78 is 3.89. The number of piperidine rings is 1. The van der Waals surface area contributed by atoms with Crippen LogP contribution in [0.2, 0.25) is 0 Å². The molecule has 118 valence electrons. The smallest absolute Gasteiger partial charge is 0.255 e. The van der Waals surface area contributed by atoms with E-state index in [0.29, 0.717) is 5.56 Å². The largest absolute Gasteiger partial charge is 0.336 e. The normalized spacial score (nSPS) is 18.5. The van der Waals surface area contributed by atoms with Crippen molar-refractivity contribution < 1.29 is 4.79 Å².